The van der Waals surface area contributed by atoms with Crippen molar-refractivity contribution in [1.29, 1.82) is 0 Å². The Hall–Kier alpha value is -1.22. The van der Waals surface area contributed by atoms with Gasteiger partial charge in [-0.25, -0.2) is 0 Å². The molecule has 0 radical (unpaired) electrons. The second-order valence-corrected chi connectivity index (χ2v) is 5.86. The van der Waals surface area contributed by atoms with Crippen molar-refractivity contribution in [3.8, 4) is 11.5 Å². The van der Waals surface area contributed by atoms with Crippen LogP contribution in [0.25, 0.3) is 0 Å². The minimum absolute atomic E-state index is 0.106. The Kier molecular flexibility index (Phi) is 5.67. The lowest BCUT2D eigenvalue weighted by molar-refractivity contribution is 0.264. The predicted molar refractivity (Wildman–Crippen MR) is 80.0 cm³/mol. The van der Waals surface area contributed by atoms with Crippen LogP contribution < -0.4 is 14.8 Å². The summed E-state index contributed by atoms with van der Waals surface area (Å²) >= 11 is 0. The average Bonchev–Trinajstić information content (AvgIpc) is 2.37. The van der Waals surface area contributed by atoms with Crippen molar-refractivity contribution in [2.24, 2.45) is 5.41 Å². The monoisotopic (exact) mass is 265 g/mol. The Morgan fingerprint density at radius 3 is 2.32 bits per heavy atom. The molecule has 3 heteroatoms. The molecule has 0 aromatic heterocycles. The van der Waals surface area contributed by atoms with Gasteiger partial charge in [-0.3, -0.25) is 0 Å². The van der Waals surface area contributed by atoms with Gasteiger partial charge in [0.15, 0.2) is 0 Å². The Bertz CT molecular complexity index is 396. The zero-order chi connectivity index (χ0) is 14.5. The summed E-state index contributed by atoms with van der Waals surface area (Å²) in [6.07, 6.45) is 1.11. The molecular formula is C16H27NO2. The fraction of sp³-hybridized carbons (Fsp3) is 0.625. The van der Waals surface area contributed by atoms with E-state index in [1.165, 1.54) is 0 Å². The number of nitrogens with one attached hydrogen (secondary N) is 1. The SMILES string of the molecule is CCCNC(c1cc(OC)ccc1OC)C(C)(C)C. The Balaban J connectivity index is 3.19. The van der Waals surface area contributed by atoms with E-state index in [4.69, 9.17) is 9.47 Å². The molecule has 0 amide bonds. The number of methoxy groups -OCH3 is 2. The van der Waals surface area contributed by atoms with Gasteiger partial charge in [-0.1, -0.05) is 27.7 Å². The zero-order valence-corrected chi connectivity index (χ0v) is 13.0. The van der Waals surface area contributed by atoms with E-state index in [1.54, 1.807) is 14.2 Å². The topological polar surface area (TPSA) is 30.5 Å². The van der Waals surface area contributed by atoms with E-state index in [1.807, 2.05) is 12.1 Å². The third-order valence-corrected chi connectivity index (χ3v) is 3.21. The van der Waals surface area contributed by atoms with Crippen LogP contribution in [-0.2, 0) is 0 Å². The summed E-state index contributed by atoms with van der Waals surface area (Å²) < 4.78 is 10.8. The molecule has 0 aliphatic heterocycles. The lowest BCUT2D eigenvalue weighted by atomic mass is 9.82. The van der Waals surface area contributed by atoms with Gasteiger partial charge >= 0.3 is 0 Å². The molecule has 0 spiro atoms. The van der Waals surface area contributed by atoms with Crippen molar-refractivity contribution < 1.29 is 9.47 Å². The lowest BCUT2D eigenvalue weighted by Crippen LogP contribution is -2.33. The number of benzene rings is 1. The first-order chi connectivity index (χ1) is 8.93. The van der Waals surface area contributed by atoms with Crippen LogP contribution in [-0.4, -0.2) is 20.8 Å². The molecule has 1 unspecified atom stereocenters. The van der Waals surface area contributed by atoms with Gasteiger partial charge in [0.2, 0.25) is 0 Å². The minimum Gasteiger partial charge on any atom is -0.497 e. The third-order valence-electron chi connectivity index (χ3n) is 3.21. The molecule has 0 aliphatic carbocycles. The maximum Gasteiger partial charge on any atom is 0.123 e. The van der Waals surface area contributed by atoms with E-state index >= 15 is 0 Å². The van der Waals surface area contributed by atoms with Crippen molar-refractivity contribution in [3.05, 3.63) is 23.8 Å². The first kappa shape index (κ1) is 15.8. The largest absolute Gasteiger partial charge is 0.497 e. The summed E-state index contributed by atoms with van der Waals surface area (Å²) in [5.41, 5.74) is 1.26. The van der Waals surface area contributed by atoms with Crippen molar-refractivity contribution in [2.75, 3.05) is 20.8 Å². The molecule has 0 aliphatic rings. The van der Waals surface area contributed by atoms with E-state index in [0.717, 1.165) is 30.0 Å². The molecule has 0 fully saturated rings. The Morgan fingerprint density at radius 1 is 1.16 bits per heavy atom. The summed E-state index contributed by atoms with van der Waals surface area (Å²) in [6.45, 7) is 9.87. The van der Waals surface area contributed by atoms with Crippen molar-refractivity contribution in [1.82, 2.24) is 5.32 Å². The highest BCUT2D eigenvalue weighted by Gasteiger charge is 2.28. The highest BCUT2D eigenvalue weighted by atomic mass is 16.5. The molecule has 0 heterocycles. The van der Waals surface area contributed by atoms with Crippen LogP contribution in [0.15, 0.2) is 18.2 Å². The maximum absolute atomic E-state index is 5.51. The van der Waals surface area contributed by atoms with Crippen LogP contribution >= 0.6 is 0 Å². The molecule has 1 N–H and O–H groups in total. The Labute approximate surface area is 117 Å². The number of hydrogen-bond donors (Lipinski definition) is 1. The highest BCUT2D eigenvalue weighted by molar-refractivity contribution is 5.43. The van der Waals surface area contributed by atoms with E-state index in [0.29, 0.717) is 0 Å². The van der Waals surface area contributed by atoms with Crippen LogP contribution in [0.5, 0.6) is 11.5 Å². The van der Waals surface area contributed by atoms with E-state index in [2.05, 4.69) is 39.1 Å². The van der Waals surface area contributed by atoms with Crippen LogP contribution in [0.1, 0.15) is 45.7 Å². The van der Waals surface area contributed by atoms with Crippen LogP contribution in [0.3, 0.4) is 0 Å². The fourth-order valence-corrected chi connectivity index (χ4v) is 2.24. The molecule has 1 aromatic carbocycles. The second kappa shape index (κ2) is 6.80. The van der Waals surface area contributed by atoms with Crippen LogP contribution in [0, 0.1) is 5.41 Å². The molecule has 19 heavy (non-hydrogen) atoms. The summed E-state index contributed by atoms with van der Waals surface area (Å²) in [7, 11) is 3.40. The number of rotatable bonds is 6. The van der Waals surface area contributed by atoms with Gasteiger partial charge in [-0.15, -0.1) is 0 Å². The first-order valence-corrected chi connectivity index (χ1v) is 6.89. The average molecular weight is 265 g/mol. The van der Waals surface area contributed by atoms with Crippen molar-refractivity contribution in [3.63, 3.8) is 0 Å². The summed E-state index contributed by atoms with van der Waals surface area (Å²) in [5, 5.41) is 3.62. The third kappa shape index (κ3) is 4.13. The van der Waals surface area contributed by atoms with Crippen LogP contribution in [0.4, 0.5) is 0 Å². The molecule has 108 valence electrons. The van der Waals surface area contributed by atoms with Crippen molar-refractivity contribution in [2.45, 2.75) is 40.2 Å². The zero-order valence-electron chi connectivity index (χ0n) is 13.0. The molecule has 1 atom stereocenters. The molecule has 1 aromatic rings. The Morgan fingerprint density at radius 2 is 1.84 bits per heavy atom. The van der Waals surface area contributed by atoms with E-state index in [-0.39, 0.29) is 11.5 Å². The van der Waals surface area contributed by atoms with Crippen LogP contribution in [0.2, 0.25) is 0 Å². The smallest absolute Gasteiger partial charge is 0.123 e. The van der Waals surface area contributed by atoms with Gasteiger partial charge < -0.3 is 14.8 Å². The molecular weight excluding hydrogens is 238 g/mol. The quantitative estimate of drug-likeness (QED) is 0.849. The molecule has 3 nitrogen and oxygen atoms in total. The van der Waals surface area contributed by atoms with Crippen molar-refractivity contribution >= 4 is 0 Å². The minimum atomic E-state index is 0.106. The summed E-state index contributed by atoms with van der Waals surface area (Å²) in [4.78, 5) is 0. The van der Waals surface area contributed by atoms with Gasteiger partial charge in [0.05, 0.1) is 14.2 Å². The fourth-order valence-electron chi connectivity index (χ4n) is 2.24. The van der Waals surface area contributed by atoms with E-state index in [9.17, 15) is 0 Å². The second-order valence-electron chi connectivity index (χ2n) is 5.86. The van der Waals surface area contributed by atoms with Gasteiger partial charge in [-0.2, -0.15) is 0 Å². The van der Waals surface area contributed by atoms with Gasteiger partial charge in [0, 0.05) is 11.6 Å². The normalized spacial score (nSPS) is 13.2. The number of hydrogen-bond acceptors (Lipinski definition) is 3. The summed E-state index contributed by atoms with van der Waals surface area (Å²) in [6, 6.07) is 6.21. The maximum atomic E-state index is 5.51. The molecule has 0 saturated carbocycles. The lowest BCUT2D eigenvalue weighted by Gasteiger charge is -2.33. The van der Waals surface area contributed by atoms with Gasteiger partial charge in [0.1, 0.15) is 11.5 Å². The predicted octanol–water partition coefficient (Wildman–Crippen LogP) is 3.79. The first-order valence-electron chi connectivity index (χ1n) is 6.89. The van der Waals surface area contributed by atoms with Gasteiger partial charge in [-0.05, 0) is 36.6 Å². The highest BCUT2D eigenvalue weighted by Crippen LogP contribution is 2.39. The molecule has 0 saturated heterocycles. The summed E-state index contributed by atoms with van der Waals surface area (Å²) in [5.74, 6) is 1.77. The standard InChI is InChI=1S/C16H27NO2/c1-7-10-17-15(16(2,3)4)13-11-12(18-5)8-9-14(13)19-6/h8-9,11,15,17H,7,10H2,1-6H3. The molecule has 0 bridgehead atoms. The van der Waals surface area contributed by atoms with Gasteiger partial charge in [0.25, 0.3) is 0 Å². The molecule has 1 rings (SSSR count). The number of ether oxygens (including phenoxy) is 2. The van der Waals surface area contributed by atoms with E-state index < -0.39 is 0 Å².